The molecule has 1 heterocycles. The molecule has 0 amide bonds. The average Bonchev–Trinajstić information content (AvgIpc) is 2.38. The molecule has 0 spiro atoms. The van der Waals surface area contributed by atoms with Gasteiger partial charge in [0.15, 0.2) is 0 Å². The van der Waals surface area contributed by atoms with E-state index in [1.165, 1.54) is 0 Å². The van der Waals surface area contributed by atoms with E-state index in [0.717, 1.165) is 21.3 Å². The molecule has 19 heavy (non-hydrogen) atoms. The van der Waals surface area contributed by atoms with Crippen molar-refractivity contribution in [2.75, 3.05) is 7.11 Å². The average molecular weight is 342 g/mol. The van der Waals surface area contributed by atoms with Gasteiger partial charge in [0.25, 0.3) is 0 Å². The maximum Gasteiger partial charge on any atom is 0.123 e. The molecular formula is C14H14BrClN2O. The van der Waals surface area contributed by atoms with Crippen LogP contribution in [0.25, 0.3) is 0 Å². The molecule has 0 aliphatic rings. The van der Waals surface area contributed by atoms with Crippen molar-refractivity contribution in [1.29, 1.82) is 0 Å². The minimum absolute atomic E-state index is 0.190. The molecule has 0 saturated heterocycles. The fourth-order valence-electron chi connectivity index (χ4n) is 1.93. The molecule has 1 unspecified atom stereocenters. The van der Waals surface area contributed by atoms with Crippen molar-refractivity contribution < 1.29 is 4.74 Å². The first-order valence-electron chi connectivity index (χ1n) is 5.78. The highest BCUT2D eigenvalue weighted by Crippen LogP contribution is 2.29. The quantitative estimate of drug-likeness (QED) is 0.921. The fourth-order valence-corrected chi connectivity index (χ4v) is 2.52. The number of benzene rings is 1. The van der Waals surface area contributed by atoms with Crippen molar-refractivity contribution >= 4 is 27.5 Å². The van der Waals surface area contributed by atoms with E-state index in [2.05, 4.69) is 20.9 Å². The molecule has 3 nitrogen and oxygen atoms in total. The number of nitrogens with zero attached hydrogens (tertiary/aromatic N) is 1. The number of pyridine rings is 1. The van der Waals surface area contributed by atoms with Crippen LogP contribution in [-0.2, 0) is 6.42 Å². The van der Waals surface area contributed by atoms with Gasteiger partial charge in [0.05, 0.1) is 7.11 Å². The first kappa shape index (κ1) is 14.3. The van der Waals surface area contributed by atoms with E-state index in [4.69, 9.17) is 22.1 Å². The van der Waals surface area contributed by atoms with Crippen molar-refractivity contribution in [3.63, 3.8) is 0 Å². The lowest BCUT2D eigenvalue weighted by molar-refractivity contribution is 0.405. The Hall–Kier alpha value is -1.10. The van der Waals surface area contributed by atoms with Crippen LogP contribution in [-0.4, -0.2) is 12.1 Å². The first-order valence-corrected chi connectivity index (χ1v) is 6.95. The van der Waals surface area contributed by atoms with Crippen LogP contribution in [0.4, 0.5) is 0 Å². The maximum atomic E-state index is 6.24. The summed E-state index contributed by atoms with van der Waals surface area (Å²) in [5.74, 6) is 0.750. The van der Waals surface area contributed by atoms with Crippen molar-refractivity contribution in [2.24, 2.45) is 5.73 Å². The SMILES string of the molecule is COc1ccc(Cl)cc1C(N)Cc1cncc(Br)c1. The molecule has 2 aromatic rings. The molecule has 0 bridgehead atoms. The summed E-state index contributed by atoms with van der Waals surface area (Å²) >= 11 is 9.41. The number of ether oxygens (including phenoxy) is 1. The summed E-state index contributed by atoms with van der Waals surface area (Å²) in [4.78, 5) is 4.13. The second kappa shape index (κ2) is 6.37. The van der Waals surface area contributed by atoms with E-state index in [9.17, 15) is 0 Å². The van der Waals surface area contributed by atoms with Gasteiger partial charge in [-0.25, -0.2) is 0 Å². The molecule has 1 aromatic carbocycles. The summed E-state index contributed by atoms with van der Waals surface area (Å²) in [5, 5.41) is 0.651. The molecule has 5 heteroatoms. The van der Waals surface area contributed by atoms with Crippen LogP contribution in [0.15, 0.2) is 41.1 Å². The lowest BCUT2D eigenvalue weighted by Gasteiger charge is -2.16. The number of hydrogen-bond acceptors (Lipinski definition) is 3. The van der Waals surface area contributed by atoms with Crippen LogP contribution in [0, 0.1) is 0 Å². The molecule has 2 N–H and O–H groups in total. The number of methoxy groups -OCH3 is 1. The van der Waals surface area contributed by atoms with E-state index < -0.39 is 0 Å². The Bertz CT molecular complexity index is 577. The van der Waals surface area contributed by atoms with Crippen LogP contribution in [0.5, 0.6) is 5.75 Å². The zero-order chi connectivity index (χ0) is 13.8. The van der Waals surface area contributed by atoms with Gasteiger partial charge in [0.1, 0.15) is 5.75 Å². The smallest absolute Gasteiger partial charge is 0.123 e. The highest BCUT2D eigenvalue weighted by Gasteiger charge is 2.13. The van der Waals surface area contributed by atoms with Gasteiger partial charge in [0.2, 0.25) is 0 Å². The Labute approximate surface area is 125 Å². The minimum atomic E-state index is -0.190. The largest absolute Gasteiger partial charge is 0.496 e. The molecule has 0 saturated carbocycles. The highest BCUT2D eigenvalue weighted by atomic mass is 79.9. The highest BCUT2D eigenvalue weighted by molar-refractivity contribution is 9.10. The van der Waals surface area contributed by atoms with Crippen LogP contribution in [0.3, 0.4) is 0 Å². The van der Waals surface area contributed by atoms with Gasteiger partial charge in [-0.1, -0.05) is 11.6 Å². The van der Waals surface area contributed by atoms with Crippen molar-refractivity contribution in [3.05, 3.63) is 57.3 Å². The Morgan fingerprint density at radius 3 is 2.84 bits per heavy atom. The zero-order valence-electron chi connectivity index (χ0n) is 10.4. The van der Waals surface area contributed by atoms with E-state index >= 15 is 0 Å². The Kier molecular flexibility index (Phi) is 4.80. The van der Waals surface area contributed by atoms with Crippen molar-refractivity contribution in [3.8, 4) is 5.75 Å². The number of halogens is 2. The summed E-state index contributed by atoms with van der Waals surface area (Å²) in [6.07, 6.45) is 4.22. The summed E-state index contributed by atoms with van der Waals surface area (Å²) in [5.41, 5.74) is 8.20. The van der Waals surface area contributed by atoms with E-state index in [1.54, 1.807) is 19.4 Å². The standard InChI is InChI=1S/C14H14BrClN2O/c1-19-14-3-2-11(16)6-12(14)13(17)5-9-4-10(15)8-18-7-9/h2-4,6-8,13H,5,17H2,1H3. The van der Waals surface area contributed by atoms with Gasteiger partial charge in [-0.15, -0.1) is 0 Å². The molecule has 1 aromatic heterocycles. The van der Waals surface area contributed by atoms with E-state index in [0.29, 0.717) is 11.4 Å². The molecule has 0 radical (unpaired) electrons. The summed E-state index contributed by atoms with van der Waals surface area (Å²) < 4.78 is 6.26. The van der Waals surface area contributed by atoms with Gasteiger partial charge in [-0.05, 0) is 52.2 Å². The molecule has 0 aliphatic heterocycles. The Balaban J connectivity index is 2.24. The zero-order valence-corrected chi connectivity index (χ0v) is 12.8. The second-order valence-electron chi connectivity index (χ2n) is 4.21. The normalized spacial score (nSPS) is 12.2. The van der Waals surface area contributed by atoms with Gasteiger partial charge >= 0.3 is 0 Å². The molecule has 1 atom stereocenters. The summed E-state index contributed by atoms with van der Waals surface area (Å²) in [6.45, 7) is 0. The third-order valence-corrected chi connectivity index (χ3v) is 3.48. The Morgan fingerprint density at radius 1 is 1.37 bits per heavy atom. The lowest BCUT2D eigenvalue weighted by atomic mass is 10.00. The maximum absolute atomic E-state index is 6.24. The van der Waals surface area contributed by atoms with Crippen LogP contribution in [0.2, 0.25) is 5.02 Å². The summed E-state index contributed by atoms with van der Waals surface area (Å²) in [6, 6.07) is 7.28. The van der Waals surface area contributed by atoms with Crippen molar-refractivity contribution in [2.45, 2.75) is 12.5 Å². The second-order valence-corrected chi connectivity index (χ2v) is 5.56. The van der Waals surface area contributed by atoms with E-state index in [-0.39, 0.29) is 6.04 Å². The molecule has 2 rings (SSSR count). The van der Waals surface area contributed by atoms with Gasteiger partial charge in [-0.2, -0.15) is 0 Å². The molecule has 0 aliphatic carbocycles. The Morgan fingerprint density at radius 2 is 2.16 bits per heavy atom. The van der Waals surface area contributed by atoms with Gasteiger partial charge in [-0.3, -0.25) is 4.98 Å². The van der Waals surface area contributed by atoms with Gasteiger partial charge < -0.3 is 10.5 Å². The fraction of sp³-hybridized carbons (Fsp3) is 0.214. The molecule has 100 valence electrons. The number of rotatable bonds is 4. The lowest BCUT2D eigenvalue weighted by Crippen LogP contribution is -2.14. The third-order valence-electron chi connectivity index (χ3n) is 2.81. The predicted octanol–water partition coefficient (Wildman–Crippen LogP) is 3.75. The van der Waals surface area contributed by atoms with Crippen LogP contribution < -0.4 is 10.5 Å². The number of nitrogens with two attached hydrogens (primary N) is 1. The first-order chi connectivity index (χ1) is 9.10. The predicted molar refractivity (Wildman–Crippen MR) is 80.6 cm³/mol. The number of aromatic nitrogens is 1. The monoisotopic (exact) mass is 340 g/mol. The number of hydrogen-bond donors (Lipinski definition) is 1. The van der Waals surface area contributed by atoms with Crippen LogP contribution in [0.1, 0.15) is 17.2 Å². The van der Waals surface area contributed by atoms with E-state index in [1.807, 2.05) is 24.4 Å². The van der Waals surface area contributed by atoms with Gasteiger partial charge in [0, 0.05) is 33.5 Å². The van der Waals surface area contributed by atoms with Crippen LogP contribution >= 0.6 is 27.5 Å². The summed E-state index contributed by atoms with van der Waals surface area (Å²) in [7, 11) is 1.63. The molecule has 0 fully saturated rings. The van der Waals surface area contributed by atoms with Crippen molar-refractivity contribution in [1.82, 2.24) is 4.98 Å². The molecular weight excluding hydrogens is 328 g/mol. The minimum Gasteiger partial charge on any atom is -0.496 e. The topological polar surface area (TPSA) is 48.1 Å². The third kappa shape index (κ3) is 3.69.